The maximum atomic E-state index is 13.7. The van der Waals surface area contributed by atoms with E-state index in [0.717, 1.165) is 41.5 Å². The summed E-state index contributed by atoms with van der Waals surface area (Å²) in [6.07, 6.45) is 6.15. The Morgan fingerprint density at radius 2 is 1.94 bits per heavy atom. The second-order valence-electron chi connectivity index (χ2n) is 10.0. The minimum atomic E-state index is -1.21. The lowest BCUT2D eigenvalue weighted by Gasteiger charge is -2.20. The molecule has 33 heavy (non-hydrogen) atoms. The van der Waals surface area contributed by atoms with Gasteiger partial charge in [0.2, 0.25) is 0 Å². The molecule has 6 nitrogen and oxygen atoms in total. The van der Waals surface area contributed by atoms with Crippen molar-refractivity contribution in [3.63, 3.8) is 0 Å². The van der Waals surface area contributed by atoms with Crippen molar-refractivity contribution in [1.29, 1.82) is 0 Å². The molecule has 0 unspecified atom stereocenters. The number of benzene rings is 2. The fourth-order valence-electron chi connectivity index (χ4n) is 3.84. The zero-order valence-corrected chi connectivity index (χ0v) is 19.2. The summed E-state index contributed by atoms with van der Waals surface area (Å²) in [5, 5.41) is 22.5. The molecule has 1 atom stereocenters. The molecule has 1 aliphatic carbocycles. The molecular weight excluding hydrogens is 415 g/mol. The molecule has 170 valence electrons. The van der Waals surface area contributed by atoms with E-state index in [9.17, 15) is 5.76 Å². The van der Waals surface area contributed by atoms with Gasteiger partial charge in [-0.3, -0.25) is 0 Å². The lowest BCUT2D eigenvalue weighted by molar-refractivity contribution is 0.442. The van der Waals surface area contributed by atoms with Crippen molar-refractivity contribution < 1.29 is 5.76 Å². The van der Waals surface area contributed by atoms with Crippen LogP contribution in [0.5, 0.6) is 0 Å². The molecule has 0 aliphatic heterocycles. The van der Waals surface area contributed by atoms with Gasteiger partial charge in [-0.1, -0.05) is 50.3 Å². The van der Waals surface area contributed by atoms with Crippen LogP contribution in [-0.4, -0.2) is 31.7 Å². The van der Waals surface area contributed by atoms with Crippen LogP contribution in [0.1, 0.15) is 63.7 Å². The number of aromatic nitrogens is 5. The molecular formula is C26H29FN6. The monoisotopic (exact) mass is 445 g/mol. The number of anilines is 1. The Hall–Kier alpha value is -3.35. The first-order valence-corrected chi connectivity index (χ1v) is 11.4. The highest BCUT2D eigenvalue weighted by atomic mass is 19.1. The van der Waals surface area contributed by atoms with Crippen LogP contribution < -0.4 is 5.32 Å². The Bertz CT molecular complexity index is 1310. The van der Waals surface area contributed by atoms with Crippen LogP contribution in [0.3, 0.4) is 0 Å². The smallest absolute Gasteiger partial charge is 0.156 e. The summed E-state index contributed by atoms with van der Waals surface area (Å²) in [5.41, 5.74) is 2.29. The van der Waals surface area contributed by atoms with Crippen molar-refractivity contribution in [3.05, 3.63) is 77.5 Å². The molecule has 0 spiro atoms. The standard InChI is InChI=1S/C26H29FN6/c1-26(2,3)16-28-25-23-13-17(4-5-19(23)14-29-31-25)12-22(18-6-8-20(27)9-7-18)24-15-33(32-30-24)21-10-11-21/h4-9,13-15,21-22H,10-12,16H2,1-3H3,(H,28,31)/t22-/m1/s1/i22D. The normalized spacial score (nSPS) is 16.4. The Morgan fingerprint density at radius 3 is 2.67 bits per heavy atom. The minimum Gasteiger partial charge on any atom is -0.368 e. The molecule has 0 saturated heterocycles. The topological polar surface area (TPSA) is 68.5 Å². The van der Waals surface area contributed by atoms with Crippen LogP contribution in [0, 0.1) is 11.2 Å². The van der Waals surface area contributed by atoms with Gasteiger partial charge in [0, 0.05) is 30.8 Å². The van der Waals surface area contributed by atoms with E-state index in [1.54, 1.807) is 18.3 Å². The maximum absolute atomic E-state index is 13.7. The molecule has 0 bridgehead atoms. The third kappa shape index (κ3) is 5.02. The molecule has 2 aromatic carbocycles. The third-order valence-electron chi connectivity index (χ3n) is 5.83. The minimum absolute atomic E-state index is 0.0910. The molecule has 5 rings (SSSR count). The van der Waals surface area contributed by atoms with Gasteiger partial charge in [-0.05, 0) is 54.0 Å². The van der Waals surface area contributed by atoms with Gasteiger partial charge in [0.1, 0.15) is 5.82 Å². The summed E-state index contributed by atoms with van der Waals surface area (Å²) in [6.45, 7) is 7.25. The number of halogens is 1. The summed E-state index contributed by atoms with van der Waals surface area (Å²) < 4.78 is 25.1. The Morgan fingerprint density at radius 1 is 1.15 bits per heavy atom. The Labute approximate surface area is 194 Å². The van der Waals surface area contributed by atoms with Crippen LogP contribution in [0.2, 0.25) is 0 Å². The van der Waals surface area contributed by atoms with Crippen molar-refractivity contribution in [2.75, 3.05) is 11.9 Å². The van der Waals surface area contributed by atoms with E-state index in [4.69, 9.17) is 0 Å². The summed E-state index contributed by atoms with van der Waals surface area (Å²) >= 11 is 0. The highest BCUT2D eigenvalue weighted by Gasteiger charge is 2.27. The lowest BCUT2D eigenvalue weighted by atomic mass is 9.89. The first-order chi connectivity index (χ1) is 16.2. The van der Waals surface area contributed by atoms with Crippen molar-refractivity contribution in [2.24, 2.45) is 5.41 Å². The first-order valence-electron chi connectivity index (χ1n) is 11.9. The van der Waals surface area contributed by atoms with Crippen LogP contribution in [0.4, 0.5) is 10.2 Å². The van der Waals surface area contributed by atoms with Crippen molar-refractivity contribution >= 4 is 16.6 Å². The predicted molar refractivity (Wildman–Crippen MR) is 128 cm³/mol. The van der Waals surface area contributed by atoms with E-state index < -0.39 is 5.89 Å². The second kappa shape index (κ2) is 8.54. The van der Waals surface area contributed by atoms with Crippen molar-refractivity contribution in [1.82, 2.24) is 25.2 Å². The SMILES string of the molecule is [2H][C@@](Cc1ccc2cnnc(NCC(C)(C)C)c2c1)(c1ccc(F)cc1)c1cn(C2CC2)nn1. The number of hydrogen-bond acceptors (Lipinski definition) is 5. The average Bonchev–Trinajstić information content (AvgIpc) is 3.53. The highest BCUT2D eigenvalue weighted by Crippen LogP contribution is 2.36. The molecule has 2 heterocycles. The maximum Gasteiger partial charge on any atom is 0.156 e. The number of hydrogen-bond donors (Lipinski definition) is 1. The van der Waals surface area contributed by atoms with Gasteiger partial charge in [-0.25, -0.2) is 9.07 Å². The quantitative estimate of drug-likeness (QED) is 0.405. The molecule has 1 saturated carbocycles. The van der Waals surface area contributed by atoms with Gasteiger partial charge in [-0.2, -0.15) is 5.10 Å². The van der Waals surface area contributed by atoms with E-state index in [-0.39, 0.29) is 11.2 Å². The van der Waals surface area contributed by atoms with Gasteiger partial charge in [0.25, 0.3) is 0 Å². The molecule has 0 radical (unpaired) electrons. The van der Waals surface area contributed by atoms with Crippen LogP contribution in [0.25, 0.3) is 10.8 Å². The zero-order chi connectivity index (χ0) is 23.9. The number of fused-ring (bicyclic) bond motifs is 1. The van der Waals surface area contributed by atoms with Crippen LogP contribution in [0.15, 0.2) is 54.9 Å². The van der Waals surface area contributed by atoms with E-state index >= 15 is 0 Å². The number of nitrogens with one attached hydrogen (secondary N) is 1. The second-order valence-corrected chi connectivity index (χ2v) is 10.0. The van der Waals surface area contributed by atoms with Crippen molar-refractivity contribution in [3.8, 4) is 0 Å². The predicted octanol–water partition coefficient (Wildman–Crippen LogP) is 5.53. The largest absolute Gasteiger partial charge is 0.368 e. The summed E-state index contributed by atoms with van der Waals surface area (Å²) in [6, 6.07) is 12.6. The Balaban J connectivity index is 1.53. The number of nitrogens with zero attached hydrogens (tertiary/aromatic N) is 5. The van der Waals surface area contributed by atoms with E-state index in [0.29, 0.717) is 23.7 Å². The van der Waals surface area contributed by atoms with Crippen LogP contribution in [-0.2, 0) is 6.42 Å². The third-order valence-corrected chi connectivity index (χ3v) is 5.83. The van der Waals surface area contributed by atoms with Crippen molar-refractivity contribution in [2.45, 2.75) is 52.0 Å². The van der Waals surface area contributed by atoms with Gasteiger partial charge in [-0.15, -0.1) is 10.2 Å². The fourth-order valence-corrected chi connectivity index (χ4v) is 3.84. The number of rotatable bonds is 7. The van der Waals surface area contributed by atoms with E-state index in [1.807, 2.05) is 23.0 Å². The van der Waals surface area contributed by atoms with E-state index in [2.05, 4.69) is 52.7 Å². The van der Waals surface area contributed by atoms with Gasteiger partial charge in [0.05, 0.1) is 17.9 Å². The summed E-state index contributed by atoms with van der Waals surface area (Å²) in [7, 11) is 0. The van der Waals surface area contributed by atoms with Gasteiger partial charge in [0.15, 0.2) is 5.82 Å². The molecule has 1 aliphatic rings. The van der Waals surface area contributed by atoms with Gasteiger partial charge >= 0.3 is 0 Å². The highest BCUT2D eigenvalue weighted by molar-refractivity contribution is 5.91. The molecule has 0 amide bonds. The summed E-state index contributed by atoms with van der Waals surface area (Å²) in [4.78, 5) is 0. The fraction of sp³-hybridized carbons (Fsp3) is 0.385. The lowest BCUT2D eigenvalue weighted by Crippen LogP contribution is -2.19. The molecule has 1 N–H and O–H groups in total. The Kier molecular flexibility index (Phi) is 5.24. The molecule has 7 heteroatoms. The van der Waals surface area contributed by atoms with Gasteiger partial charge < -0.3 is 5.32 Å². The average molecular weight is 446 g/mol. The molecule has 4 aromatic rings. The first kappa shape index (κ1) is 20.3. The zero-order valence-electron chi connectivity index (χ0n) is 20.2. The summed E-state index contributed by atoms with van der Waals surface area (Å²) in [5.74, 6) is -0.813. The van der Waals surface area contributed by atoms with E-state index in [1.165, 1.54) is 12.1 Å². The molecule has 1 fully saturated rings. The molecule has 2 aromatic heterocycles. The van der Waals surface area contributed by atoms with Crippen LogP contribution >= 0.6 is 0 Å².